The third-order valence-corrected chi connectivity index (χ3v) is 4.14. The van der Waals surface area contributed by atoms with Crippen LogP contribution < -0.4 is 4.72 Å². The van der Waals surface area contributed by atoms with Crippen LogP contribution in [0.2, 0.25) is 0 Å². The summed E-state index contributed by atoms with van der Waals surface area (Å²) in [5.74, 6) is 0. The molecule has 0 fully saturated rings. The lowest BCUT2D eigenvalue weighted by molar-refractivity contribution is 0.574. The van der Waals surface area contributed by atoms with E-state index in [-0.39, 0.29) is 4.90 Å². The Hall–Kier alpha value is -1.40. The minimum atomic E-state index is -3.45. The summed E-state index contributed by atoms with van der Waals surface area (Å²) in [7, 11) is -3.45. The van der Waals surface area contributed by atoms with E-state index in [2.05, 4.69) is 16.6 Å². The van der Waals surface area contributed by atoms with E-state index in [1.54, 1.807) is 6.07 Å². The Morgan fingerprint density at radius 2 is 2.17 bits per heavy atom. The smallest absolute Gasteiger partial charge is 0.240 e. The van der Waals surface area contributed by atoms with Crippen molar-refractivity contribution in [2.24, 2.45) is 0 Å². The molecule has 98 valence electrons. The summed E-state index contributed by atoms with van der Waals surface area (Å²) in [6, 6.07) is 4.66. The first-order chi connectivity index (χ1) is 8.63. The summed E-state index contributed by atoms with van der Waals surface area (Å²) < 4.78 is 31.6. The van der Waals surface area contributed by atoms with Crippen molar-refractivity contribution in [2.75, 3.05) is 6.54 Å². The van der Waals surface area contributed by atoms with E-state index in [1.165, 1.54) is 18.5 Å². The van der Waals surface area contributed by atoms with Crippen LogP contribution in [-0.2, 0) is 10.0 Å². The van der Waals surface area contributed by atoms with Gasteiger partial charge in [-0.25, -0.2) is 18.1 Å². The van der Waals surface area contributed by atoms with Gasteiger partial charge in [0.05, 0.1) is 4.90 Å². The van der Waals surface area contributed by atoms with Crippen LogP contribution in [0.15, 0.2) is 33.9 Å². The van der Waals surface area contributed by atoms with Gasteiger partial charge in [0.2, 0.25) is 10.0 Å². The molecule has 0 aliphatic heterocycles. The summed E-state index contributed by atoms with van der Waals surface area (Å²) in [4.78, 5) is 4.16. The fourth-order valence-electron chi connectivity index (χ4n) is 1.67. The van der Waals surface area contributed by atoms with E-state index in [4.69, 9.17) is 4.42 Å². The topological polar surface area (TPSA) is 72.2 Å². The maximum atomic E-state index is 12.0. The number of benzene rings is 1. The highest BCUT2D eigenvalue weighted by Crippen LogP contribution is 2.17. The Morgan fingerprint density at radius 3 is 2.94 bits per heavy atom. The van der Waals surface area contributed by atoms with Gasteiger partial charge in [0.1, 0.15) is 5.52 Å². The zero-order valence-corrected chi connectivity index (χ0v) is 11.0. The predicted molar refractivity (Wildman–Crippen MR) is 68.7 cm³/mol. The largest absolute Gasteiger partial charge is 0.443 e. The Kier molecular flexibility index (Phi) is 3.98. The number of fused-ring (bicyclic) bond motifs is 1. The van der Waals surface area contributed by atoms with Gasteiger partial charge in [-0.15, -0.1) is 0 Å². The number of aromatic nitrogens is 1. The molecular weight excluding hydrogens is 252 g/mol. The molecule has 0 spiro atoms. The second-order valence-electron chi connectivity index (χ2n) is 4.09. The summed E-state index contributed by atoms with van der Waals surface area (Å²) >= 11 is 0. The third-order valence-electron chi connectivity index (χ3n) is 2.69. The molecule has 5 nitrogen and oxygen atoms in total. The van der Waals surface area contributed by atoms with Gasteiger partial charge < -0.3 is 4.42 Å². The van der Waals surface area contributed by atoms with Crippen molar-refractivity contribution in [1.29, 1.82) is 0 Å². The van der Waals surface area contributed by atoms with E-state index >= 15 is 0 Å². The van der Waals surface area contributed by atoms with Gasteiger partial charge in [0.25, 0.3) is 0 Å². The summed E-state index contributed by atoms with van der Waals surface area (Å²) in [5, 5.41) is 0. The zero-order chi connectivity index (χ0) is 13.0. The van der Waals surface area contributed by atoms with Crippen molar-refractivity contribution in [3.8, 4) is 0 Å². The van der Waals surface area contributed by atoms with Gasteiger partial charge in [-0.1, -0.05) is 19.8 Å². The Labute approximate surface area is 106 Å². The van der Waals surface area contributed by atoms with Gasteiger partial charge in [0, 0.05) is 12.6 Å². The van der Waals surface area contributed by atoms with Crippen molar-refractivity contribution >= 4 is 21.1 Å². The standard InChI is InChI=1S/C12H16N2O3S/c1-2-3-4-7-14-18(15,16)10-5-6-11-12(8-10)17-9-13-11/h5-6,8-9,14H,2-4,7H2,1H3. The second kappa shape index (κ2) is 5.49. The molecule has 1 aromatic carbocycles. The van der Waals surface area contributed by atoms with Gasteiger partial charge in [-0.05, 0) is 18.6 Å². The predicted octanol–water partition coefficient (Wildman–Crippen LogP) is 2.30. The molecule has 0 amide bonds. The van der Waals surface area contributed by atoms with Crippen LogP contribution in [-0.4, -0.2) is 19.9 Å². The highest BCUT2D eigenvalue weighted by Gasteiger charge is 2.14. The van der Waals surface area contributed by atoms with Crippen LogP contribution >= 0.6 is 0 Å². The molecule has 0 unspecified atom stereocenters. The van der Waals surface area contributed by atoms with Gasteiger partial charge >= 0.3 is 0 Å². The monoisotopic (exact) mass is 268 g/mol. The molecule has 0 radical (unpaired) electrons. The van der Waals surface area contributed by atoms with E-state index in [0.29, 0.717) is 17.6 Å². The summed E-state index contributed by atoms with van der Waals surface area (Å²) in [6.07, 6.45) is 4.23. The second-order valence-corrected chi connectivity index (χ2v) is 5.85. The fraction of sp³-hybridized carbons (Fsp3) is 0.417. The highest BCUT2D eigenvalue weighted by atomic mass is 32.2. The maximum absolute atomic E-state index is 12.0. The molecule has 1 heterocycles. The number of unbranched alkanes of at least 4 members (excludes halogenated alkanes) is 2. The molecule has 0 saturated carbocycles. The molecule has 1 N–H and O–H groups in total. The fourth-order valence-corrected chi connectivity index (χ4v) is 2.76. The number of nitrogens with one attached hydrogen (secondary N) is 1. The Morgan fingerprint density at radius 1 is 1.33 bits per heavy atom. The minimum absolute atomic E-state index is 0.211. The molecule has 0 atom stereocenters. The maximum Gasteiger partial charge on any atom is 0.240 e. The quantitative estimate of drug-likeness (QED) is 0.816. The molecule has 2 rings (SSSR count). The van der Waals surface area contributed by atoms with Crippen LogP contribution in [0.5, 0.6) is 0 Å². The normalized spacial score (nSPS) is 12.1. The third kappa shape index (κ3) is 2.88. The zero-order valence-electron chi connectivity index (χ0n) is 10.2. The van der Waals surface area contributed by atoms with E-state index in [1.807, 2.05) is 0 Å². The summed E-state index contributed by atoms with van der Waals surface area (Å²) in [5.41, 5.74) is 1.13. The van der Waals surface area contributed by atoms with E-state index in [9.17, 15) is 8.42 Å². The number of rotatable bonds is 6. The van der Waals surface area contributed by atoms with Crippen LogP contribution in [0, 0.1) is 0 Å². The molecule has 0 bridgehead atoms. The first-order valence-corrected chi connectivity index (χ1v) is 7.45. The van der Waals surface area contributed by atoms with Crippen molar-refractivity contribution < 1.29 is 12.8 Å². The lowest BCUT2D eigenvalue weighted by atomic mass is 10.3. The average Bonchev–Trinajstić information content (AvgIpc) is 2.82. The van der Waals surface area contributed by atoms with Crippen LogP contribution in [0.4, 0.5) is 0 Å². The lowest BCUT2D eigenvalue weighted by Gasteiger charge is -2.05. The molecule has 2 aromatic rings. The number of oxazole rings is 1. The molecule has 0 aliphatic rings. The van der Waals surface area contributed by atoms with Crippen molar-refractivity contribution in [2.45, 2.75) is 31.1 Å². The number of hydrogen-bond donors (Lipinski definition) is 1. The molecular formula is C12H16N2O3S. The van der Waals surface area contributed by atoms with Gasteiger partial charge in [-0.2, -0.15) is 0 Å². The van der Waals surface area contributed by atoms with Crippen LogP contribution in [0.25, 0.3) is 11.1 Å². The first-order valence-electron chi connectivity index (χ1n) is 5.96. The van der Waals surface area contributed by atoms with Crippen LogP contribution in [0.3, 0.4) is 0 Å². The number of sulfonamides is 1. The van der Waals surface area contributed by atoms with Gasteiger partial charge in [-0.3, -0.25) is 0 Å². The molecule has 18 heavy (non-hydrogen) atoms. The number of hydrogen-bond acceptors (Lipinski definition) is 4. The number of nitrogens with zero attached hydrogens (tertiary/aromatic N) is 1. The highest BCUT2D eigenvalue weighted by molar-refractivity contribution is 7.89. The SMILES string of the molecule is CCCCCNS(=O)(=O)c1ccc2ncoc2c1. The molecule has 6 heteroatoms. The lowest BCUT2D eigenvalue weighted by Crippen LogP contribution is -2.24. The van der Waals surface area contributed by atoms with Crippen molar-refractivity contribution in [1.82, 2.24) is 9.71 Å². The Balaban J connectivity index is 2.13. The van der Waals surface area contributed by atoms with Crippen molar-refractivity contribution in [3.05, 3.63) is 24.6 Å². The molecule has 0 saturated heterocycles. The molecule has 0 aliphatic carbocycles. The average molecular weight is 268 g/mol. The first kappa shape index (κ1) is 13.0. The Bertz CT molecular complexity index is 619. The van der Waals surface area contributed by atoms with E-state index < -0.39 is 10.0 Å². The van der Waals surface area contributed by atoms with Gasteiger partial charge in [0.15, 0.2) is 12.0 Å². The minimum Gasteiger partial charge on any atom is -0.443 e. The van der Waals surface area contributed by atoms with Crippen molar-refractivity contribution in [3.63, 3.8) is 0 Å². The summed E-state index contributed by atoms with van der Waals surface area (Å²) in [6.45, 7) is 2.54. The van der Waals surface area contributed by atoms with E-state index in [0.717, 1.165) is 19.3 Å². The molecule has 1 aromatic heterocycles. The van der Waals surface area contributed by atoms with Crippen LogP contribution in [0.1, 0.15) is 26.2 Å².